The molecule has 0 amide bonds. The van der Waals surface area contributed by atoms with Gasteiger partial charge in [0.1, 0.15) is 6.33 Å². The van der Waals surface area contributed by atoms with Gasteiger partial charge >= 0.3 is 0 Å². The van der Waals surface area contributed by atoms with Gasteiger partial charge in [0.05, 0.1) is 30.4 Å². The number of anilines is 2. The lowest BCUT2D eigenvalue weighted by Crippen LogP contribution is -2.30. The molecule has 5 heterocycles. The van der Waals surface area contributed by atoms with E-state index in [-0.39, 0.29) is 0 Å². The average molecular weight is 401 g/mol. The van der Waals surface area contributed by atoms with Crippen LogP contribution in [0.1, 0.15) is 0 Å². The molecular formula is C18H21ClN8O. The summed E-state index contributed by atoms with van der Waals surface area (Å²) in [7, 11) is 1.70. The molecule has 3 aromatic rings. The van der Waals surface area contributed by atoms with Crippen molar-refractivity contribution in [2.45, 2.75) is 6.54 Å². The zero-order valence-electron chi connectivity index (χ0n) is 15.6. The Hall–Kier alpha value is -2.52. The third-order valence-electron chi connectivity index (χ3n) is 5.59. The number of hydrogen-bond donors (Lipinski definition) is 0. The van der Waals surface area contributed by atoms with Crippen molar-refractivity contribution in [3.63, 3.8) is 0 Å². The Bertz CT molecular complexity index is 963. The number of halogens is 1. The Morgan fingerprint density at radius 2 is 1.71 bits per heavy atom. The molecule has 2 aliphatic rings. The Kier molecular flexibility index (Phi) is 4.48. The van der Waals surface area contributed by atoms with Gasteiger partial charge in [0.15, 0.2) is 17.0 Å². The molecule has 3 aromatic heterocycles. The van der Waals surface area contributed by atoms with Crippen molar-refractivity contribution >= 4 is 34.5 Å². The second-order valence-corrected chi connectivity index (χ2v) is 7.77. The lowest BCUT2D eigenvalue weighted by molar-refractivity contribution is 0.188. The van der Waals surface area contributed by atoms with Crippen LogP contribution in [0.2, 0.25) is 5.02 Å². The van der Waals surface area contributed by atoms with E-state index >= 15 is 0 Å². The number of ether oxygens (including phenoxy) is 1. The number of hydrogen-bond acceptors (Lipinski definition) is 8. The van der Waals surface area contributed by atoms with Gasteiger partial charge in [0, 0.05) is 51.7 Å². The molecule has 0 aliphatic carbocycles. The zero-order valence-corrected chi connectivity index (χ0v) is 16.3. The molecule has 0 spiro atoms. The Labute approximate surface area is 167 Å². The smallest absolute Gasteiger partial charge is 0.225 e. The Morgan fingerprint density at radius 1 is 1.00 bits per heavy atom. The number of methoxy groups -OCH3 is 1. The molecule has 9 nitrogen and oxygen atoms in total. The molecule has 0 saturated carbocycles. The fraction of sp³-hybridized carbons (Fsp3) is 0.500. The Balaban J connectivity index is 1.33. The maximum atomic E-state index is 5.90. The first-order valence-electron chi connectivity index (χ1n) is 9.35. The van der Waals surface area contributed by atoms with E-state index in [9.17, 15) is 0 Å². The van der Waals surface area contributed by atoms with Crippen LogP contribution in [0.15, 0.2) is 25.0 Å². The summed E-state index contributed by atoms with van der Waals surface area (Å²) in [5.41, 5.74) is 1.71. The van der Waals surface area contributed by atoms with Crippen LogP contribution in [0.4, 0.5) is 11.8 Å². The molecule has 2 saturated heterocycles. The van der Waals surface area contributed by atoms with Crippen LogP contribution in [-0.2, 0) is 11.3 Å². The predicted molar refractivity (Wildman–Crippen MR) is 106 cm³/mol. The van der Waals surface area contributed by atoms with E-state index in [4.69, 9.17) is 16.3 Å². The third kappa shape index (κ3) is 3.04. The standard InChI is InChI=1S/C18H21ClN8O/c1-28-3-2-25-11-24-15-16(25)22-10-23-17(15)26-6-12-8-27(9-13(12)7-26)18-20-4-14(19)5-21-18/h4-5,10-13H,2-3,6-9H2,1H3. The fourth-order valence-electron chi connectivity index (χ4n) is 4.25. The maximum absolute atomic E-state index is 5.90. The molecule has 146 valence electrons. The summed E-state index contributed by atoms with van der Waals surface area (Å²) < 4.78 is 7.19. The minimum absolute atomic E-state index is 0.555. The third-order valence-corrected chi connectivity index (χ3v) is 5.79. The minimum Gasteiger partial charge on any atom is -0.383 e. The largest absolute Gasteiger partial charge is 0.383 e. The fourth-order valence-corrected chi connectivity index (χ4v) is 4.35. The van der Waals surface area contributed by atoms with Crippen molar-refractivity contribution in [3.8, 4) is 0 Å². The SMILES string of the molecule is COCCn1cnc2c(N3CC4CN(c5ncc(Cl)cn5)CC4C3)ncnc21. The predicted octanol–water partition coefficient (Wildman–Crippen LogP) is 1.49. The van der Waals surface area contributed by atoms with Gasteiger partial charge in [-0.25, -0.2) is 24.9 Å². The van der Waals surface area contributed by atoms with Crippen LogP contribution in [0.3, 0.4) is 0 Å². The summed E-state index contributed by atoms with van der Waals surface area (Å²) in [6.45, 7) is 5.14. The summed E-state index contributed by atoms with van der Waals surface area (Å²) >= 11 is 5.90. The van der Waals surface area contributed by atoms with Gasteiger partial charge in [0.25, 0.3) is 0 Å². The molecule has 0 radical (unpaired) electrons. The van der Waals surface area contributed by atoms with Crippen LogP contribution in [0, 0.1) is 11.8 Å². The van der Waals surface area contributed by atoms with Crippen LogP contribution < -0.4 is 9.80 Å². The normalized spacial score (nSPS) is 21.6. The first-order chi connectivity index (χ1) is 13.7. The molecule has 2 unspecified atom stereocenters. The first-order valence-corrected chi connectivity index (χ1v) is 9.73. The van der Waals surface area contributed by atoms with E-state index < -0.39 is 0 Å². The molecule has 0 N–H and O–H groups in total. The van der Waals surface area contributed by atoms with Crippen molar-refractivity contribution in [2.24, 2.45) is 11.8 Å². The first kappa shape index (κ1) is 17.6. The molecule has 2 fully saturated rings. The molecule has 10 heteroatoms. The lowest BCUT2D eigenvalue weighted by atomic mass is 10.0. The van der Waals surface area contributed by atoms with Crippen LogP contribution in [-0.4, -0.2) is 69.4 Å². The van der Waals surface area contributed by atoms with Crippen molar-refractivity contribution in [1.82, 2.24) is 29.5 Å². The summed E-state index contributed by atoms with van der Waals surface area (Å²) in [6, 6.07) is 0. The molecule has 0 aromatic carbocycles. The highest BCUT2D eigenvalue weighted by Gasteiger charge is 2.41. The second kappa shape index (κ2) is 7.14. The van der Waals surface area contributed by atoms with Gasteiger partial charge in [-0.1, -0.05) is 11.6 Å². The van der Waals surface area contributed by atoms with Crippen LogP contribution in [0.5, 0.6) is 0 Å². The monoisotopic (exact) mass is 400 g/mol. The average Bonchev–Trinajstić information content (AvgIpc) is 3.39. The molecule has 2 aliphatic heterocycles. The number of rotatable bonds is 5. The van der Waals surface area contributed by atoms with Gasteiger partial charge in [-0.05, 0) is 0 Å². The summed E-state index contributed by atoms with van der Waals surface area (Å²) in [5.74, 6) is 2.79. The van der Waals surface area contributed by atoms with Gasteiger partial charge in [-0.15, -0.1) is 0 Å². The van der Waals surface area contributed by atoms with Crippen LogP contribution in [0.25, 0.3) is 11.2 Å². The molecule has 28 heavy (non-hydrogen) atoms. The quantitative estimate of drug-likeness (QED) is 0.636. The van der Waals surface area contributed by atoms with E-state index in [1.807, 2.05) is 10.9 Å². The van der Waals surface area contributed by atoms with Gasteiger partial charge < -0.3 is 19.1 Å². The van der Waals surface area contributed by atoms with E-state index in [1.54, 1.807) is 25.8 Å². The van der Waals surface area contributed by atoms with E-state index in [0.717, 1.165) is 55.7 Å². The minimum atomic E-state index is 0.555. The van der Waals surface area contributed by atoms with Crippen molar-refractivity contribution in [2.75, 3.05) is 49.7 Å². The molecule has 0 bridgehead atoms. The highest BCUT2D eigenvalue weighted by atomic mass is 35.5. The number of aromatic nitrogens is 6. The molecular weight excluding hydrogens is 380 g/mol. The molecule has 2 atom stereocenters. The maximum Gasteiger partial charge on any atom is 0.225 e. The van der Waals surface area contributed by atoms with Crippen molar-refractivity contribution in [1.29, 1.82) is 0 Å². The van der Waals surface area contributed by atoms with Gasteiger partial charge in [-0.2, -0.15) is 0 Å². The zero-order chi connectivity index (χ0) is 19.1. The number of imidazole rings is 1. The summed E-state index contributed by atoms with van der Waals surface area (Å²) in [6.07, 6.45) is 6.76. The topological polar surface area (TPSA) is 85.1 Å². The van der Waals surface area contributed by atoms with Gasteiger partial charge in [0.2, 0.25) is 5.95 Å². The number of nitrogens with zero attached hydrogens (tertiary/aromatic N) is 8. The van der Waals surface area contributed by atoms with E-state index in [1.165, 1.54) is 0 Å². The highest BCUT2D eigenvalue weighted by molar-refractivity contribution is 6.30. The number of fused-ring (bicyclic) bond motifs is 2. The molecule has 5 rings (SSSR count). The van der Waals surface area contributed by atoms with Gasteiger partial charge in [-0.3, -0.25) is 0 Å². The Morgan fingerprint density at radius 3 is 2.43 bits per heavy atom. The van der Waals surface area contributed by atoms with E-state index in [2.05, 4.69) is 34.7 Å². The van der Waals surface area contributed by atoms with Crippen molar-refractivity contribution in [3.05, 3.63) is 30.1 Å². The lowest BCUT2D eigenvalue weighted by Gasteiger charge is -2.22. The second-order valence-electron chi connectivity index (χ2n) is 7.33. The summed E-state index contributed by atoms with van der Waals surface area (Å²) in [5, 5.41) is 0.562. The van der Waals surface area contributed by atoms with Crippen LogP contribution >= 0.6 is 11.6 Å². The van der Waals surface area contributed by atoms with E-state index in [0.29, 0.717) is 23.5 Å². The summed E-state index contributed by atoms with van der Waals surface area (Å²) in [4.78, 5) is 26.9. The highest BCUT2D eigenvalue weighted by Crippen LogP contribution is 2.36. The van der Waals surface area contributed by atoms with Crippen molar-refractivity contribution < 1.29 is 4.74 Å².